The molecule has 0 aliphatic heterocycles. The van der Waals surface area contributed by atoms with Crippen LogP contribution >= 0.6 is 0 Å². The average Bonchev–Trinajstić information content (AvgIpc) is 3.11. The van der Waals surface area contributed by atoms with Crippen molar-refractivity contribution < 1.29 is 22.4 Å². The first kappa shape index (κ1) is 20.5. The van der Waals surface area contributed by atoms with Crippen molar-refractivity contribution in [1.82, 2.24) is 19.4 Å². The van der Waals surface area contributed by atoms with Crippen molar-refractivity contribution in [1.29, 1.82) is 0 Å². The van der Waals surface area contributed by atoms with E-state index < -0.39 is 23.9 Å². The lowest BCUT2D eigenvalue weighted by molar-refractivity contribution is -0.173. The van der Waals surface area contributed by atoms with Gasteiger partial charge in [0, 0.05) is 31.5 Å². The molecule has 1 atom stereocenters. The number of alkyl halides is 3. The molecule has 0 bridgehead atoms. The highest BCUT2D eigenvalue weighted by Crippen LogP contribution is 2.28. The fourth-order valence-electron chi connectivity index (χ4n) is 2.78. The third-order valence-corrected chi connectivity index (χ3v) is 4.44. The molecule has 1 aromatic carbocycles. The van der Waals surface area contributed by atoms with Crippen LogP contribution in [-0.4, -0.2) is 37.6 Å². The zero-order valence-electron chi connectivity index (χ0n) is 15.7. The molecule has 152 valence electrons. The van der Waals surface area contributed by atoms with Crippen LogP contribution in [-0.2, 0) is 13.6 Å². The van der Waals surface area contributed by atoms with Crippen molar-refractivity contribution in [2.24, 2.45) is 7.05 Å². The fourth-order valence-corrected chi connectivity index (χ4v) is 2.78. The summed E-state index contributed by atoms with van der Waals surface area (Å²) in [5, 5.41) is 0. The molecule has 29 heavy (non-hydrogen) atoms. The molecule has 0 aliphatic carbocycles. The number of pyridine rings is 1. The first-order valence-electron chi connectivity index (χ1n) is 8.71. The molecule has 0 saturated carbocycles. The highest BCUT2D eigenvalue weighted by atomic mass is 19.4. The Bertz CT molecular complexity index is 998. The Morgan fingerprint density at radius 2 is 1.86 bits per heavy atom. The van der Waals surface area contributed by atoms with Gasteiger partial charge in [0.1, 0.15) is 17.6 Å². The van der Waals surface area contributed by atoms with Gasteiger partial charge in [0.05, 0.1) is 12.0 Å². The van der Waals surface area contributed by atoms with Gasteiger partial charge in [-0.3, -0.25) is 9.78 Å². The predicted molar refractivity (Wildman–Crippen MR) is 98.2 cm³/mol. The van der Waals surface area contributed by atoms with Gasteiger partial charge in [0.25, 0.3) is 5.91 Å². The molecule has 1 amide bonds. The van der Waals surface area contributed by atoms with Crippen LogP contribution in [0.3, 0.4) is 0 Å². The Morgan fingerprint density at radius 3 is 2.45 bits per heavy atom. The molecule has 9 heteroatoms. The van der Waals surface area contributed by atoms with E-state index >= 15 is 0 Å². The second-order valence-corrected chi connectivity index (χ2v) is 6.63. The highest BCUT2D eigenvalue weighted by Gasteiger charge is 2.42. The molecule has 0 N–H and O–H groups in total. The van der Waals surface area contributed by atoms with Gasteiger partial charge in [-0.25, -0.2) is 9.37 Å². The van der Waals surface area contributed by atoms with Gasteiger partial charge in [-0.2, -0.15) is 13.2 Å². The van der Waals surface area contributed by atoms with E-state index in [0.29, 0.717) is 16.8 Å². The minimum atomic E-state index is -4.60. The molecule has 3 aromatic rings. The summed E-state index contributed by atoms with van der Waals surface area (Å²) >= 11 is 0. The third kappa shape index (κ3) is 4.79. The number of amides is 1. The van der Waals surface area contributed by atoms with E-state index in [9.17, 15) is 22.4 Å². The second kappa shape index (κ2) is 8.02. The van der Waals surface area contributed by atoms with Crippen molar-refractivity contribution in [3.8, 4) is 11.3 Å². The topological polar surface area (TPSA) is 51.0 Å². The summed E-state index contributed by atoms with van der Waals surface area (Å²) in [4.78, 5) is 21.5. The summed E-state index contributed by atoms with van der Waals surface area (Å²) in [7, 11) is 1.62. The van der Waals surface area contributed by atoms with Crippen LogP contribution < -0.4 is 0 Å². The first-order chi connectivity index (χ1) is 13.6. The zero-order chi connectivity index (χ0) is 21.2. The Morgan fingerprint density at radius 1 is 1.17 bits per heavy atom. The van der Waals surface area contributed by atoms with Crippen molar-refractivity contribution in [2.75, 3.05) is 0 Å². The molecule has 0 spiro atoms. The quantitative estimate of drug-likeness (QED) is 0.597. The molecular formula is C20H18F4N4O. The monoisotopic (exact) mass is 406 g/mol. The number of aryl methyl sites for hydroxylation is 1. The summed E-state index contributed by atoms with van der Waals surface area (Å²) in [6, 6.07) is 6.69. The predicted octanol–water partition coefficient (Wildman–Crippen LogP) is 4.21. The largest absolute Gasteiger partial charge is 0.408 e. The van der Waals surface area contributed by atoms with Crippen LogP contribution in [0.1, 0.15) is 23.0 Å². The number of benzene rings is 1. The Hall–Kier alpha value is -3.23. The molecule has 0 fully saturated rings. The van der Waals surface area contributed by atoms with Crippen LogP contribution in [0.5, 0.6) is 0 Å². The molecule has 2 aromatic heterocycles. The lowest BCUT2D eigenvalue weighted by Gasteiger charge is -2.30. The van der Waals surface area contributed by atoms with Gasteiger partial charge in [-0.1, -0.05) is 0 Å². The van der Waals surface area contributed by atoms with E-state index in [4.69, 9.17) is 0 Å². The van der Waals surface area contributed by atoms with E-state index in [-0.39, 0.29) is 12.2 Å². The zero-order valence-corrected chi connectivity index (χ0v) is 15.7. The molecule has 3 rings (SSSR count). The maximum Gasteiger partial charge on any atom is 0.408 e. The van der Waals surface area contributed by atoms with E-state index in [2.05, 4.69) is 9.97 Å². The molecule has 0 aliphatic rings. The fraction of sp³-hybridized carbons (Fsp3) is 0.250. The maximum atomic E-state index is 13.4. The third-order valence-electron chi connectivity index (χ3n) is 4.44. The van der Waals surface area contributed by atoms with Crippen LogP contribution in [0.4, 0.5) is 17.6 Å². The number of rotatable bonds is 5. The molecule has 0 saturated heterocycles. The van der Waals surface area contributed by atoms with Gasteiger partial charge in [0.15, 0.2) is 0 Å². The standard InChI is InChI=1S/C20H18F4N4O/c1-13(20(22,23)24)28(19(29)18-11-27(2)12-26-18)10-14-7-8-25-17(9-14)15-3-5-16(21)6-4-15/h3-9,11-13H,10H2,1-2H3. The average molecular weight is 406 g/mol. The number of nitrogens with zero attached hydrogens (tertiary/aromatic N) is 4. The highest BCUT2D eigenvalue weighted by molar-refractivity contribution is 5.92. The smallest absolute Gasteiger partial charge is 0.340 e. The van der Waals surface area contributed by atoms with Crippen molar-refractivity contribution in [3.63, 3.8) is 0 Å². The summed E-state index contributed by atoms with van der Waals surface area (Å²) in [6.45, 7) is 0.649. The second-order valence-electron chi connectivity index (χ2n) is 6.63. The minimum absolute atomic E-state index is 0.0728. The van der Waals surface area contributed by atoms with E-state index in [1.165, 1.54) is 53.6 Å². The lowest BCUT2D eigenvalue weighted by Crippen LogP contribution is -2.46. The van der Waals surface area contributed by atoms with Crippen LogP contribution in [0.15, 0.2) is 55.1 Å². The number of hydrogen-bond acceptors (Lipinski definition) is 3. The van der Waals surface area contributed by atoms with Crippen molar-refractivity contribution in [2.45, 2.75) is 25.7 Å². The number of halogens is 4. The Balaban J connectivity index is 1.92. The summed E-state index contributed by atoms with van der Waals surface area (Å²) in [6.07, 6.45) is -0.440. The normalized spacial score (nSPS) is 12.6. The number of hydrogen-bond donors (Lipinski definition) is 0. The lowest BCUT2D eigenvalue weighted by atomic mass is 10.1. The molecule has 1 unspecified atom stereocenters. The first-order valence-corrected chi connectivity index (χ1v) is 8.71. The maximum absolute atomic E-state index is 13.4. The summed E-state index contributed by atoms with van der Waals surface area (Å²) < 4.78 is 54.8. The van der Waals surface area contributed by atoms with Crippen LogP contribution in [0.2, 0.25) is 0 Å². The Labute approximate surface area is 164 Å². The number of aromatic nitrogens is 3. The minimum Gasteiger partial charge on any atom is -0.340 e. The SMILES string of the molecule is CC(N(Cc1ccnc(-c2ccc(F)cc2)c1)C(=O)c1cn(C)cn1)C(F)(F)F. The van der Waals surface area contributed by atoms with Crippen LogP contribution in [0, 0.1) is 5.82 Å². The van der Waals surface area contributed by atoms with Gasteiger partial charge in [0.2, 0.25) is 0 Å². The summed E-state index contributed by atoms with van der Waals surface area (Å²) in [5.74, 6) is -1.23. The van der Waals surface area contributed by atoms with Gasteiger partial charge in [-0.15, -0.1) is 0 Å². The summed E-state index contributed by atoms with van der Waals surface area (Å²) in [5.41, 5.74) is 1.46. The molecular weight excluding hydrogens is 388 g/mol. The van der Waals surface area contributed by atoms with Gasteiger partial charge < -0.3 is 9.47 Å². The molecule has 0 radical (unpaired) electrons. The van der Waals surface area contributed by atoms with Gasteiger partial charge >= 0.3 is 6.18 Å². The number of carbonyl (C=O) groups is 1. The van der Waals surface area contributed by atoms with Crippen molar-refractivity contribution >= 4 is 5.91 Å². The van der Waals surface area contributed by atoms with Gasteiger partial charge in [-0.05, 0) is 48.9 Å². The van der Waals surface area contributed by atoms with E-state index in [1.807, 2.05) is 0 Å². The molecule has 2 heterocycles. The Kier molecular flexibility index (Phi) is 5.67. The van der Waals surface area contributed by atoms with Crippen LogP contribution in [0.25, 0.3) is 11.3 Å². The van der Waals surface area contributed by atoms with E-state index in [0.717, 1.165) is 11.8 Å². The number of carbonyl (C=O) groups excluding carboxylic acids is 1. The van der Waals surface area contributed by atoms with E-state index in [1.54, 1.807) is 13.1 Å². The number of imidazole rings is 1. The van der Waals surface area contributed by atoms with Crippen molar-refractivity contribution in [3.05, 3.63) is 72.2 Å². The molecule has 5 nitrogen and oxygen atoms in total.